The van der Waals surface area contributed by atoms with Crippen molar-refractivity contribution in [2.24, 2.45) is 5.92 Å². The van der Waals surface area contributed by atoms with Crippen LogP contribution in [0.5, 0.6) is 5.88 Å². The standard InChI is InChI=1S/C47H57N7O9S/c1-3-53(4-2)31-22-20-29(21-23-31)41-49-39-35-17-12-13-19-38(35)63-40(39)43(50-41)61-33-26-37-42(55)51-47(45(57)52-64(59,60)34-24-25-34)27-30(47)14-8-6-5-7-9-18-36(44(56)54(37)28-33)48-46(58)62-32-15-10-11-16-32/h8,12-14,17,19-23,30,32-34,36-37H,3-7,9-11,15-16,18,24-28H2,1-2H3,(H,48,58)(H,51,55)(H,52,57)/b14-8-/t30-,33-,36+,37+,47-/m1/s1. The van der Waals surface area contributed by atoms with Crippen LogP contribution in [0, 0.1) is 5.92 Å². The number of furan rings is 1. The van der Waals surface area contributed by atoms with Gasteiger partial charge < -0.3 is 34.3 Å². The first-order chi connectivity index (χ1) is 31.0. The van der Waals surface area contributed by atoms with Gasteiger partial charge in [0.05, 0.1) is 11.8 Å². The topological polar surface area (TPSA) is 202 Å². The Balaban J connectivity index is 1.05. The number of hydrogen-bond donors (Lipinski definition) is 3. The Bertz CT molecular complexity index is 2550. The number of carbonyl (C=O) groups excluding carboxylic acids is 4. The lowest BCUT2D eigenvalue weighted by atomic mass is 10.0. The first-order valence-electron chi connectivity index (χ1n) is 23.0. The fraction of sp³-hybridized carbons (Fsp3) is 0.532. The molecule has 3 aliphatic carbocycles. The molecule has 5 atom stereocenters. The predicted molar refractivity (Wildman–Crippen MR) is 240 cm³/mol. The zero-order valence-electron chi connectivity index (χ0n) is 36.4. The third-order valence-electron chi connectivity index (χ3n) is 13.4. The molecule has 0 radical (unpaired) electrons. The zero-order valence-corrected chi connectivity index (χ0v) is 37.2. The van der Waals surface area contributed by atoms with Gasteiger partial charge in [-0.05, 0) is 114 Å². The third-order valence-corrected chi connectivity index (χ3v) is 15.3. The molecule has 0 unspecified atom stereocenters. The highest BCUT2D eigenvalue weighted by Crippen LogP contribution is 2.46. The number of fused-ring (bicyclic) bond motifs is 5. The monoisotopic (exact) mass is 895 g/mol. The van der Waals surface area contributed by atoms with Crippen LogP contribution in [0.2, 0.25) is 0 Å². The highest BCUT2D eigenvalue weighted by atomic mass is 32.2. The summed E-state index contributed by atoms with van der Waals surface area (Å²) >= 11 is 0. The second-order valence-corrected chi connectivity index (χ2v) is 19.8. The Labute approximate surface area is 372 Å². The van der Waals surface area contributed by atoms with Crippen LogP contribution < -0.4 is 25.0 Å². The molecule has 9 rings (SSSR count). The van der Waals surface area contributed by atoms with Crippen LogP contribution in [0.3, 0.4) is 0 Å². The van der Waals surface area contributed by atoms with Crippen molar-refractivity contribution in [3.05, 3.63) is 60.7 Å². The van der Waals surface area contributed by atoms with Crippen molar-refractivity contribution in [3.8, 4) is 17.3 Å². The van der Waals surface area contributed by atoms with Crippen molar-refractivity contribution >= 4 is 61.6 Å². The molecule has 1 saturated heterocycles. The van der Waals surface area contributed by atoms with E-state index < -0.39 is 68.7 Å². The molecule has 0 spiro atoms. The van der Waals surface area contributed by atoms with Crippen molar-refractivity contribution in [3.63, 3.8) is 0 Å². The van der Waals surface area contributed by atoms with Crippen LogP contribution in [0.4, 0.5) is 10.5 Å². The van der Waals surface area contributed by atoms with Gasteiger partial charge in [0, 0.05) is 42.1 Å². The highest BCUT2D eigenvalue weighted by molar-refractivity contribution is 7.91. The van der Waals surface area contributed by atoms with Gasteiger partial charge in [0.25, 0.3) is 11.8 Å². The van der Waals surface area contributed by atoms with Crippen LogP contribution in [-0.2, 0) is 29.1 Å². The molecule has 4 aromatic rings. The minimum Gasteiger partial charge on any atom is -0.470 e. The van der Waals surface area contributed by atoms with E-state index in [1.165, 1.54) is 4.90 Å². The molecule has 0 bridgehead atoms. The summed E-state index contributed by atoms with van der Waals surface area (Å²) in [4.78, 5) is 70.3. The number of rotatable bonds is 11. The number of aromatic nitrogens is 2. The van der Waals surface area contributed by atoms with E-state index in [1.807, 2.05) is 60.7 Å². The number of alkyl carbamates (subject to hydrolysis) is 1. The van der Waals surface area contributed by atoms with E-state index in [0.717, 1.165) is 68.3 Å². The molecule has 340 valence electrons. The van der Waals surface area contributed by atoms with Gasteiger partial charge in [-0.3, -0.25) is 19.1 Å². The molecule has 3 N–H and O–H groups in total. The lowest BCUT2D eigenvalue weighted by Crippen LogP contribution is -2.58. The number of carbonyl (C=O) groups is 4. The lowest BCUT2D eigenvalue weighted by Gasteiger charge is -2.30. The summed E-state index contributed by atoms with van der Waals surface area (Å²) in [7, 11) is -3.92. The second-order valence-electron chi connectivity index (χ2n) is 17.9. The van der Waals surface area contributed by atoms with Crippen molar-refractivity contribution in [2.75, 3.05) is 24.5 Å². The van der Waals surface area contributed by atoms with Gasteiger partial charge in [0.15, 0.2) is 5.82 Å². The molecule has 2 aromatic heterocycles. The van der Waals surface area contributed by atoms with E-state index in [1.54, 1.807) is 0 Å². The van der Waals surface area contributed by atoms with Crippen LogP contribution in [0.1, 0.15) is 97.3 Å². The number of para-hydroxylation sites is 1. The molecular formula is C47H57N7O9S. The fourth-order valence-corrected chi connectivity index (χ4v) is 10.9. The van der Waals surface area contributed by atoms with E-state index in [2.05, 4.69) is 34.1 Å². The normalized spacial score (nSPS) is 26.0. The van der Waals surface area contributed by atoms with Crippen molar-refractivity contribution < 1.29 is 41.5 Å². The number of allylic oxidation sites excluding steroid dienone is 1. The summed E-state index contributed by atoms with van der Waals surface area (Å²) in [5.74, 6) is -1.84. The van der Waals surface area contributed by atoms with Crippen LogP contribution in [0.15, 0.2) is 65.1 Å². The second kappa shape index (κ2) is 18.0. The molecule has 4 amide bonds. The van der Waals surface area contributed by atoms with Crippen LogP contribution >= 0.6 is 0 Å². The van der Waals surface area contributed by atoms with Crippen LogP contribution in [-0.4, -0.2) is 102 Å². The molecule has 17 heteroatoms. The number of amides is 4. The van der Waals surface area contributed by atoms with E-state index in [9.17, 15) is 27.6 Å². The number of ether oxygens (including phenoxy) is 2. The smallest absolute Gasteiger partial charge is 0.408 e. The minimum absolute atomic E-state index is 0.00494. The van der Waals surface area contributed by atoms with Crippen molar-refractivity contribution in [1.82, 2.24) is 30.2 Å². The first kappa shape index (κ1) is 43.5. The maximum atomic E-state index is 14.8. The number of sulfonamides is 1. The Morgan fingerprint density at radius 3 is 2.44 bits per heavy atom. The van der Waals surface area contributed by atoms with Gasteiger partial charge in [-0.15, -0.1) is 0 Å². The summed E-state index contributed by atoms with van der Waals surface area (Å²) in [5, 5.41) is 5.88. The number of nitrogens with zero attached hydrogens (tertiary/aromatic N) is 4. The highest BCUT2D eigenvalue weighted by Gasteiger charge is 2.62. The summed E-state index contributed by atoms with van der Waals surface area (Å²) in [6.45, 7) is 5.85. The van der Waals surface area contributed by atoms with Crippen molar-refractivity contribution in [1.29, 1.82) is 0 Å². The SMILES string of the molecule is CCN(CC)c1ccc(-c2nc(O[C@@H]3C[C@H]4C(=O)N[C@]5(C(=O)NS(=O)(=O)C6CC6)C[C@H]5/C=C\CCCCC[C@H](NC(=O)OC5CCCC5)C(=O)N4C3)c3oc4ccccc4c3n2)cc1. The third kappa shape index (κ3) is 9.00. The van der Waals surface area contributed by atoms with E-state index in [0.29, 0.717) is 54.6 Å². The summed E-state index contributed by atoms with van der Waals surface area (Å²) in [6.07, 6.45) is 9.87. The van der Waals surface area contributed by atoms with E-state index in [4.69, 9.17) is 23.9 Å². The fourth-order valence-electron chi connectivity index (χ4n) is 9.52. The Morgan fingerprint density at radius 1 is 0.938 bits per heavy atom. The number of benzene rings is 2. The number of hydrogen-bond acceptors (Lipinski definition) is 12. The van der Waals surface area contributed by atoms with Gasteiger partial charge in [-0.25, -0.2) is 18.2 Å². The number of nitrogens with one attached hydrogen (secondary N) is 3. The van der Waals surface area contributed by atoms with Gasteiger partial charge in [-0.2, -0.15) is 4.98 Å². The lowest BCUT2D eigenvalue weighted by molar-refractivity contribution is -0.141. The van der Waals surface area contributed by atoms with Gasteiger partial charge >= 0.3 is 6.09 Å². The Morgan fingerprint density at radius 2 is 1.69 bits per heavy atom. The van der Waals surface area contributed by atoms with Gasteiger partial charge in [-0.1, -0.05) is 37.1 Å². The first-order valence-corrected chi connectivity index (χ1v) is 24.5. The average Bonchev–Trinajstić information content (AvgIpc) is 4.10. The van der Waals surface area contributed by atoms with E-state index in [-0.39, 0.29) is 31.4 Å². The summed E-state index contributed by atoms with van der Waals surface area (Å²) in [5.41, 5.74) is 1.71. The predicted octanol–water partition coefficient (Wildman–Crippen LogP) is 6.28. The van der Waals surface area contributed by atoms with E-state index >= 15 is 0 Å². The Kier molecular flexibility index (Phi) is 12.3. The molecular weight excluding hydrogens is 839 g/mol. The molecule has 64 heavy (non-hydrogen) atoms. The molecule has 4 heterocycles. The maximum Gasteiger partial charge on any atom is 0.408 e. The summed E-state index contributed by atoms with van der Waals surface area (Å²) < 4.78 is 47.0. The summed E-state index contributed by atoms with van der Waals surface area (Å²) in [6, 6.07) is 13.3. The molecule has 2 aliphatic heterocycles. The average molecular weight is 896 g/mol. The molecule has 3 saturated carbocycles. The Hall–Kier alpha value is -5.71. The molecule has 5 aliphatic rings. The van der Waals surface area contributed by atoms with Gasteiger partial charge in [0.2, 0.25) is 27.4 Å². The maximum absolute atomic E-state index is 14.8. The number of anilines is 1. The van der Waals surface area contributed by atoms with Crippen LogP contribution in [0.25, 0.3) is 33.5 Å². The van der Waals surface area contributed by atoms with Crippen molar-refractivity contribution in [2.45, 2.75) is 132 Å². The largest absolute Gasteiger partial charge is 0.470 e. The quantitative estimate of drug-likeness (QED) is 0.143. The zero-order chi connectivity index (χ0) is 44.6. The molecule has 2 aromatic carbocycles. The van der Waals surface area contributed by atoms with Gasteiger partial charge in [0.1, 0.15) is 40.9 Å². The minimum atomic E-state index is -3.92. The molecule has 4 fully saturated rings. The molecule has 16 nitrogen and oxygen atoms in total.